The first-order chi connectivity index (χ1) is 5.63. The number of Topliss-reactive ketones (excluding diaryl/α,β-unsaturated/α-hetero) is 1. The van der Waals surface area contributed by atoms with Crippen LogP contribution >= 0.6 is 0 Å². The molecule has 3 heteroatoms. The second kappa shape index (κ2) is 1.75. The molecular weight excluding hydrogens is 156 g/mol. The van der Waals surface area contributed by atoms with E-state index in [1.165, 1.54) is 0 Å². The first-order valence-electron chi connectivity index (χ1n) is 4.53. The third kappa shape index (κ3) is 0.529. The second-order valence-electron chi connectivity index (χ2n) is 4.42. The number of hydrogen-bond acceptors (Lipinski definition) is 3. The van der Waals surface area contributed by atoms with Crippen LogP contribution in [-0.2, 0) is 9.53 Å². The molecule has 3 fully saturated rings. The Bertz CT molecular complexity index is 260. The molecule has 0 aromatic heterocycles. The van der Waals surface area contributed by atoms with Crippen molar-refractivity contribution in [2.45, 2.75) is 31.7 Å². The second-order valence-corrected chi connectivity index (χ2v) is 4.42. The first-order valence-corrected chi connectivity index (χ1v) is 4.53. The van der Waals surface area contributed by atoms with E-state index in [4.69, 9.17) is 4.74 Å². The van der Waals surface area contributed by atoms with Gasteiger partial charge in [0.1, 0.15) is 5.60 Å². The summed E-state index contributed by atoms with van der Waals surface area (Å²) in [4.78, 5) is 11.7. The van der Waals surface area contributed by atoms with Crippen LogP contribution in [0.4, 0.5) is 0 Å². The molecule has 3 rings (SSSR count). The number of carbonyl (C=O) groups excluding carboxylic acids is 1. The van der Waals surface area contributed by atoms with Crippen LogP contribution in [-0.4, -0.2) is 22.8 Å². The Labute approximate surface area is 70.7 Å². The highest BCUT2D eigenvalue weighted by Crippen LogP contribution is 2.59. The van der Waals surface area contributed by atoms with Gasteiger partial charge in [-0.3, -0.25) is 4.79 Å². The SMILES string of the molecule is CC12OC(O)C3CC(CC31)C2=O. The molecule has 0 amide bonds. The third-order valence-corrected chi connectivity index (χ3v) is 3.91. The summed E-state index contributed by atoms with van der Waals surface area (Å²) in [6.07, 6.45) is 1.11. The number of ketones is 1. The molecule has 12 heavy (non-hydrogen) atoms. The van der Waals surface area contributed by atoms with Gasteiger partial charge in [0.2, 0.25) is 0 Å². The van der Waals surface area contributed by atoms with Crippen molar-refractivity contribution in [3.8, 4) is 0 Å². The number of carbonyl (C=O) groups is 1. The van der Waals surface area contributed by atoms with Gasteiger partial charge in [-0.15, -0.1) is 0 Å². The van der Waals surface area contributed by atoms with Gasteiger partial charge in [0.15, 0.2) is 12.1 Å². The van der Waals surface area contributed by atoms with Gasteiger partial charge < -0.3 is 9.84 Å². The lowest BCUT2D eigenvalue weighted by Crippen LogP contribution is -2.39. The van der Waals surface area contributed by atoms with Gasteiger partial charge >= 0.3 is 0 Å². The Morgan fingerprint density at radius 3 is 2.92 bits per heavy atom. The topological polar surface area (TPSA) is 46.5 Å². The van der Waals surface area contributed by atoms with Crippen LogP contribution in [0.1, 0.15) is 19.8 Å². The fraction of sp³-hybridized carbons (Fsp3) is 0.889. The molecule has 2 aliphatic carbocycles. The van der Waals surface area contributed by atoms with E-state index in [1.807, 2.05) is 6.92 Å². The molecule has 5 unspecified atom stereocenters. The van der Waals surface area contributed by atoms with Gasteiger partial charge in [0, 0.05) is 17.8 Å². The van der Waals surface area contributed by atoms with Gasteiger partial charge in [0.25, 0.3) is 0 Å². The maximum Gasteiger partial charge on any atom is 0.167 e. The predicted octanol–water partition coefficient (Wildman–Crippen LogP) is 0.319. The average Bonchev–Trinajstić information content (AvgIpc) is 2.56. The van der Waals surface area contributed by atoms with Crippen molar-refractivity contribution in [3.63, 3.8) is 0 Å². The zero-order chi connectivity index (χ0) is 8.51. The average molecular weight is 168 g/mol. The van der Waals surface area contributed by atoms with E-state index in [2.05, 4.69) is 0 Å². The van der Waals surface area contributed by atoms with Crippen LogP contribution < -0.4 is 0 Å². The molecule has 5 atom stereocenters. The standard InChI is InChI=1S/C9H12O3/c1-9-6-3-4(7(9)10)2-5(6)8(11)12-9/h4-6,8,11H,2-3H2,1H3. The number of aliphatic hydroxyl groups is 1. The van der Waals surface area contributed by atoms with E-state index in [-0.39, 0.29) is 17.6 Å². The molecule has 1 saturated heterocycles. The van der Waals surface area contributed by atoms with Gasteiger partial charge in [-0.1, -0.05) is 0 Å². The number of rotatable bonds is 0. The molecule has 1 N–H and O–H groups in total. The summed E-state index contributed by atoms with van der Waals surface area (Å²) in [7, 11) is 0. The summed E-state index contributed by atoms with van der Waals surface area (Å²) in [5.41, 5.74) is -0.632. The van der Waals surface area contributed by atoms with Crippen molar-refractivity contribution in [1.82, 2.24) is 0 Å². The van der Waals surface area contributed by atoms with E-state index in [0.717, 1.165) is 12.8 Å². The molecule has 0 aromatic carbocycles. The zero-order valence-electron chi connectivity index (χ0n) is 6.99. The van der Waals surface area contributed by atoms with Gasteiger partial charge in [-0.2, -0.15) is 0 Å². The highest BCUT2D eigenvalue weighted by Gasteiger charge is 2.67. The highest BCUT2D eigenvalue weighted by atomic mass is 16.6. The monoisotopic (exact) mass is 168 g/mol. The molecular formula is C9H12O3. The fourth-order valence-electron chi connectivity index (χ4n) is 3.30. The van der Waals surface area contributed by atoms with Crippen LogP contribution in [0.3, 0.4) is 0 Å². The lowest BCUT2D eigenvalue weighted by molar-refractivity contribution is -0.159. The van der Waals surface area contributed by atoms with Gasteiger partial charge in [0.05, 0.1) is 0 Å². The number of hydrogen-bond donors (Lipinski definition) is 1. The van der Waals surface area contributed by atoms with Crippen LogP contribution in [0, 0.1) is 17.8 Å². The van der Waals surface area contributed by atoms with Crippen molar-refractivity contribution in [1.29, 1.82) is 0 Å². The summed E-state index contributed by atoms with van der Waals surface area (Å²) >= 11 is 0. The number of aliphatic hydroxyl groups excluding tert-OH is 1. The van der Waals surface area contributed by atoms with Crippen molar-refractivity contribution in [2.75, 3.05) is 0 Å². The van der Waals surface area contributed by atoms with E-state index >= 15 is 0 Å². The largest absolute Gasteiger partial charge is 0.368 e. The predicted molar refractivity (Wildman–Crippen MR) is 40.2 cm³/mol. The molecule has 1 heterocycles. The lowest BCUT2D eigenvalue weighted by Gasteiger charge is -2.24. The maximum absolute atomic E-state index is 11.7. The Morgan fingerprint density at radius 2 is 2.33 bits per heavy atom. The van der Waals surface area contributed by atoms with E-state index in [9.17, 15) is 9.90 Å². The maximum atomic E-state index is 11.7. The summed E-state index contributed by atoms with van der Waals surface area (Å²) in [5.74, 6) is 0.935. The summed E-state index contributed by atoms with van der Waals surface area (Å²) in [5, 5.41) is 9.50. The quantitative estimate of drug-likeness (QED) is 0.566. The van der Waals surface area contributed by atoms with E-state index in [0.29, 0.717) is 5.92 Å². The molecule has 0 radical (unpaired) electrons. The molecule has 66 valence electrons. The minimum Gasteiger partial charge on any atom is -0.368 e. The third-order valence-electron chi connectivity index (χ3n) is 3.91. The van der Waals surface area contributed by atoms with Crippen LogP contribution in [0.5, 0.6) is 0 Å². The summed E-state index contributed by atoms with van der Waals surface area (Å²) < 4.78 is 5.34. The molecule has 0 spiro atoms. The Morgan fingerprint density at radius 1 is 1.58 bits per heavy atom. The van der Waals surface area contributed by atoms with Crippen LogP contribution in [0.15, 0.2) is 0 Å². The van der Waals surface area contributed by atoms with Crippen molar-refractivity contribution >= 4 is 5.78 Å². The first kappa shape index (κ1) is 7.04. The molecule has 3 nitrogen and oxygen atoms in total. The Kier molecular flexibility index (Phi) is 1.03. The van der Waals surface area contributed by atoms with Crippen molar-refractivity contribution < 1.29 is 14.6 Å². The molecule has 1 aliphatic heterocycles. The normalized spacial score (nSPS) is 61.7. The zero-order valence-corrected chi connectivity index (χ0v) is 6.99. The van der Waals surface area contributed by atoms with E-state index < -0.39 is 11.9 Å². The van der Waals surface area contributed by atoms with Crippen molar-refractivity contribution in [3.05, 3.63) is 0 Å². The molecule has 2 saturated carbocycles. The number of ether oxygens (including phenoxy) is 1. The van der Waals surface area contributed by atoms with Crippen molar-refractivity contribution in [2.24, 2.45) is 17.8 Å². The molecule has 0 aromatic rings. The Balaban J connectivity index is 2.11. The summed E-state index contributed by atoms with van der Waals surface area (Å²) in [6.45, 7) is 1.84. The minimum atomic E-state index is -0.684. The Hall–Kier alpha value is -0.410. The van der Waals surface area contributed by atoms with Crippen LogP contribution in [0.2, 0.25) is 0 Å². The van der Waals surface area contributed by atoms with Crippen LogP contribution in [0.25, 0.3) is 0 Å². The van der Waals surface area contributed by atoms with Gasteiger partial charge in [-0.25, -0.2) is 0 Å². The molecule has 3 aliphatic rings. The smallest absolute Gasteiger partial charge is 0.167 e. The minimum absolute atomic E-state index is 0.183. The van der Waals surface area contributed by atoms with E-state index in [1.54, 1.807) is 0 Å². The van der Waals surface area contributed by atoms with Gasteiger partial charge in [-0.05, 0) is 19.8 Å². The fourth-order valence-corrected chi connectivity index (χ4v) is 3.30. The lowest BCUT2D eigenvalue weighted by atomic mass is 9.80. The highest BCUT2D eigenvalue weighted by molar-refractivity contribution is 5.93. The molecule has 2 bridgehead atoms. The number of fused-ring (bicyclic) bond motifs is 1. The summed E-state index contributed by atoms with van der Waals surface area (Å²) in [6, 6.07) is 0.